The van der Waals surface area contributed by atoms with Crippen LogP contribution in [0.1, 0.15) is 16.1 Å². The molecule has 0 unspecified atom stereocenters. The highest BCUT2D eigenvalue weighted by Crippen LogP contribution is 2.21. The first-order valence-electron chi connectivity index (χ1n) is 6.46. The molecule has 5 heteroatoms. The van der Waals surface area contributed by atoms with Gasteiger partial charge < -0.3 is 5.11 Å². The lowest BCUT2D eigenvalue weighted by molar-refractivity contribution is 0.0687. The lowest BCUT2D eigenvalue weighted by Gasteiger charge is -2.05. The molecule has 0 radical (unpaired) electrons. The first-order valence-corrected chi connectivity index (χ1v) is 6.46. The number of carbonyl (C=O) groups is 1. The molecule has 1 N–H and O–H groups in total. The number of aromatic carboxylic acids is 1. The Balaban J connectivity index is 2.16. The van der Waals surface area contributed by atoms with Crippen molar-refractivity contribution in [2.75, 3.05) is 0 Å². The van der Waals surface area contributed by atoms with E-state index in [0.29, 0.717) is 5.69 Å². The average Bonchev–Trinajstić information content (AvgIpc) is 2.93. The molecule has 0 amide bonds. The van der Waals surface area contributed by atoms with Crippen molar-refractivity contribution in [1.82, 2.24) is 14.8 Å². The molecule has 1 aromatic carbocycles. The van der Waals surface area contributed by atoms with Gasteiger partial charge >= 0.3 is 5.97 Å². The Morgan fingerprint density at radius 3 is 2.57 bits per heavy atom. The van der Waals surface area contributed by atoms with Crippen LogP contribution in [-0.4, -0.2) is 25.8 Å². The minimum Gasteiger partial charge on any atom is -0.477 e. The van der Waals surface area contributed by atoms with Gasteiger partial charge in [0.25, 0.3) is 0 Å². The van der Waals surface area contributed by atoms with Crippen LogP contribution in [0, 0.1) is 6.92 Å². The van der Waals surface area contributed by atoms with Crippen molar-refractivity contribution >= 4 is 5.97 Å². The minimum absolute atomic E-state index is 0.132. The molecule has 21 heavy (non-hydrogen) atoms. The number of pyridine rings is 1. The molecule has 2 aromatic heterocycles. The van der Waals surface area contributed by atoms with Gasteiger partial charge in [0.05, 0.1) is 11.4 Å². The molecule has 0 fully saturated rings. The summed E-state index contributed by atoms with van der Waals surface area (Å²) in [6.07, 6.45) is 3.31. The normalized spacial score (nSPS) is 10.5. The number of benzene rings is 1. The first kappa shape index (κ1) is 13.1. The van der Waals surface area contributed by atoms with Gasteiger partial charge in [-0.2, -0.15) is 5.10 Å². The van der Waals surface area contributed by atoms with Gasteiger partial charge in [0, 0.05) is 18.0 Å². The maximum absolute atomic E-state index is 11.5. The quantitative estimate of drug-likeness (QED) is 0.800. The van der Waals surface area contributed by atoms with Gasteiger partial charge in [0.15, 0.2) is 5.69 Å². The lowest BCUT2D eigenvalue weighted by Crippen LogP contribution is -2.07. The van der Waals surface area contributed by atoms with Gasteiger partial charge in [-0.25, -0.2) is 9.48 Å². The van der Waals surface area contributed by atoms with E-state index in [1.54, 1.807) is 30.6 Å². The topological polar surface area (TPSA) is 68.0 Å². The Labute approximate surface area is 121 Å². The summed E-state index contributed by atoms with van der Waals surface area (Å²) in [5, 5.41) is 13.8. The SMILES string of the molecule is Cc1cccc(-n2nc(-c3ccncc3)cc2C(=O)O)c1. The maximum atomic E-state index is 11.5. The molecule has 104 valence electrons. The summed E-state index contributed by atoms with van der Waals surface area (Å²) in [6.45, 7) is 1.96. The monoisotopic (exact) mass is 279 g/mol. The Hall–Kier alpha value is -2.95. The highest BCUT2D eigenvalue weighted by molar-refractivity contribution is 5.88. The van der Waals surface area contributed by atoms with Crippen molar-refractivity contribution in [3.63, 3.8) is 0 Å². The fourth-order valence-electron chi connectivity index (χ4n) is 2.15. The zero-order chi connectivity index (χ0) is 14.8. The van der Waals surface area contributed by atoms with E-state index in [9.17, 15) is 9.90 Å². The Morgan fingerprint density at radius 2 is 1.90 bits per heavy atom. The van der Waals surface area contributed by atoms with Crippen molar-refractivity contribution < 1.29 is 9.90 Å². The molecule has 3 aromatic rings. The van der Waals surface area contributed by atoms with Crippen molar-refractivity contribution in [3.8, 4) is 16.9 Å². The molecule has 5 nitrogen and oxygen atoms in total. The smallest absolute Gasteiger partial charge is 0.354 e. The molecule has 0 atom stereocenters. The Morgan fingerprint density at radius 1 is 1.14 bits per heavy atom. The van der Waals surface area contributed by atoms with E-state index in [2.05, 4.69) is 10.1 Å². The summed E-state index contributed by atoms with van der Waals surface area (Å²) in [5.41, 5.74) is 3.35. The number of carboxylic acids is 1. The van der Waals surface area contributed by atoms with Gasteiger partial charge in [0.1, 0.15) is 0 Å². The third-order valence-corrected chi connectivity index (χ3v) is 3.15. The highest BCUT2D eigenvalue weighted by atomic mass is 16.4. The number of nitrogens with zero attached hydrogens (tertiary/aromatic N) is 3. The van der Waals surface area contributed by atoms with Crippen LogP contribution >= 0.6 is 0 Å². The second kappa shape index (κ2) is 5.20. The zero-order valence-electron chi connectivity index (χ0n) is 11.4. The molecule has 0 aliphatic carbocycles. The summed E-state index contributed by atoms with van der Waals surface area (Å²) in [5.74, 6) is -1.01. The molecule has 3 rings (SSSR count). The largest absolute Gasteiger partial charge is 0.477 e. The predicted molar refractivity (Wildman–Crippen MR) is 78.5 cm³/mol. The van der Waals surface area contributed by atoms with Crippen molar-refractivity contribution in [3.05, 3.63) is 66.1 Å². The zero-order valence-corrected chi connectivity index (χ0v) is 11.4. The number of carboxylic acid groups (broad SMARTS) is 1. The van der Waals surface area contributed by atoms with Crippen molar-refractivity contribution in [2.24, 2.45) is 0 Å². The predicted octanol–water partition coefficient (Wildman–Crippen LogP) is 2.94. The summed E-state index contributed by atoms with van der Waals surface area (Å²) in [7, 11) is 0. The van der Waals surface area contributed by atoms with E-state index in [1.165, 1.54) is 4.68 Å². The number of aryl methyl sites for hydroxylation is 1. The van der Waals surface area contributed by atoms with Crippen molar-refractivity contribution in [1.29, 1.82) is 0 Å². The standard InChI is InChI=1S/C16H13N3O2/c1-11-3-2-4-13(9-11)19-15(16(20)21)10-14(18-19)12-5-7-17-8-6-12/h2-10H,1H3,(H,20,21). The van der Waals surface area contributed by atoms with Gasteiger partial charge in [-0.05, 0) is 42.8 Å². The summed E-state index contributed by atoms with van der Waals surface area (Å²) in [6, 6.07) is 12.7. The van der Waals surface area contributed by atoms with Gasteiger partial charge in [-0.1, -0.05) is 12.1 Å². The molecular weight excluding hydrogens is 266 g/mol. The molecule has 0 bridgehead atoms. The van der Waals surface area contributed by atoms with Crippen LogP contribution in [-0.2, 0) is 0 Å². The second-order valence-electron chi connectivity index (χ2n) is 4.71. The van der Waals surface area contributed by atoms with E-state index < -0.39 is 5.97 Å². The Bertz CT molecular complexity index is 794. The summed E-state index contributed by atoms with van der Waals surface area (Å²) < 4.78 is 1.45. The lowest BCUT2D eigenvalue weighted by atomic mass is 10.2. The molecule has 2 heterocycles. The maximum Gasteiger partial charge on any atom is 0.354 e. The molecule has 0 spiro atoms. The van der Waals surface area contributed by atoms with Crippen LogP contribution < -0.4 is 0 Å². The molecular formula is C16H13N3O2. The van der Waals surface area contributed by atoms with Crippen molar-refractivity contribution in [2.45, 2.75) is 6.92 Å². The van der Waals surface area contributed by atoms with Crippen LogP contribution in [0.2, 0.25) is 0 Å². The van der Waals surface area contributed by atoms with E-state index in [0.717, 1.165) is 16.8 Å². The van der Waals surface area contributed by atoms with Gasteiger partial charge in [-0.3, -0.25) is 4.98 Å². The molecule has 0 saturated heterocycles. The summed E-state index contributed by atoms with van der Waals surface area (Å²) in [4.78, 5) is 15.4. The summed E-state index contributed by atoms with van der Waals surface area (Å²) >= 11 is 0. The number of rotatable bonds is 3. The van der Waals surface area contributed by atoms with Crippen LogP contribution in [0.15, 0.2) is 54.9 Å². The number of hydrogen-bond acceptors (Lipinski definition) is 3. The molecule has 0 aliphatic rings. The molecule has 0 saturated carbocycles. The fourth-order valence-corrected chi connectivity index (χ4v) is 2.15. The van der Waals surface area contributed by atoms with Crippen LogP contribution in [0.5, 0.6) is 0 Å². The third kappa shape index (κ3) is 2.53. The Kier molecular flexibility index (Phi) is 3.23. The van der Waals surface area contributed by atoms with E-state index in [4.69, 9.17) is 0 Å². The minimum atomic E-state index is -1.01. The van der Waals surface area contributed by atoms with Crippen LogP contribution in [0.3, 0.4) is 0 Å². The average molecular weight is 279 g/mol. The van der Waals surface area contributed by atoms with Gasteiger partial charge in [-0.15, -0.1) is 0 Å². The number of hydrogen-bond donors (Lipinski definition) is 1. The van der Waals surface area contributed by atoms with E-state index in [-0.39, 0.29) is 5.69 Å². The van der Waals surface area contributed by atoms with Crippen LogP contribution in [0.4, 0.5) is 0 Å². The number of aromatic nitrogens is 3. The highest BCUT2D eigenvalue weighted by Gasteiger charge is 2.16. The van der Waals surface area contributed by atoms with Gasteiger partial charge in [0.2, 0.25) is 0 Å². The second-order valence-corrected chi connectivity index (χ2v) is 4.71. The van der Waals surface area contributed by atoms with E-state index in [1.807, 2.05) is 31.2 Å². The van der Waals surface area contributed by atoms with E-state index >= 15 is 0 Å². The third-order valence-electron chi connectivity index (χ3n) is 3.15. The molecule has 0 aliphatic heterocycles. The van der Waals surface area contributed by atoms with Crippen LogP contribution in [0.25, 0.3) is 16.9 Å². The first-order chi connectivity index (χ1) is 10.1. The fraction of sp³-hybridized carbons (Fsp3) is 0.0625.